The Kier molecular flexibility index (Phi) is 4.30. The van der Waals surface area contributed by atoms with E-state index in [4.69, 9.17) is 16.3 Å². The Morgan fingerprint density at radius 2 is 2.05 bits per heavy atom. The zero-order chi connectivity index (χ0) is 13.7. The van der Waals surface area contributed by atoms with E-state index in [1.165, 1.54) is 12.3 Å². The minimum Gasteiger partial charge on any atom is -0.484 e. The molecule has 0 radical (unpaired) electrons. The highest BCUT2D eigenvalue weighted by Gasteiger charge is 2.04. The van der Waals surface area contributed by atoms with Crippen molar-refractivity contribution >= 4 is 23.2 Å². The number of ether oxygens (including phenoxy) is 1. The molecule has 1 heterocycles. The monoisotopic (exact) mass is 280 g/mol. The van der Waals surface area contributed by atoms with Crippen LogP contribution >= 0.6 is 11.6 Å². The number of anilines is 1. The van der Waals surface area contributed by atoms with Crippen molar-refractivity contribution < 1.29 is 13.9 Å². The third kappa shape index (κ3) is 4.22. The highest BCUT2D eigenvalue weighted by Crippen LogP contribution is 2.15. The largest absolute Gasteiger partial charge is 0.484 e. The first-order chi connectivity index (χ1) is 9.13. The van der Waals surface area contributed by atoms with Crippen LogP contribution in [0.5, 0.6) is 5.75 Å². The Hall–Kier alpha value is -2.14. The van der Waals surface area contributed by atoms with Crippen LogP contribution in [0, 0.1) is 5.82 Å². The number of nitrogens with zero attached hydrogens (tertiary/aromatic N) is 1. The van der Waals surface area contributed by atoms with Gasteiger partial charge in [0, 0.05) is 11.1 Å². The van der Waals surface area contributed by atoms with E-state index in [0.29, 0.717) is 10.8 Å². The van der Waals surface area contributed by atoms with Crippen molar-refractivity contribution in [3.8, 4) is 5.75 Å². The van der Waals surface area contributed by atoms with E-state index in [9.17, 15) is 9.18 Å². The fraction of sp³-hybridized carbons (Fsp3) is 0.0769. The van der Waals surface area contributed by atoms with Gasteiger partial charge in [-0.25, -0.2) is 4.39 Å². The number of aromatic nitrogens is 1. The number of nitrogens with one attached hydrogen (secondary N) is 1. The molecule has 0 bridgehead atoms. The molecular formula is C13H10ClFN2O2. The maximum atomic E-state index is 12.8. The summed E-state index contributed by atoms with van der Waals surface area (Å²) >= 11 is 5.72. The Morgan fingerprint density at radius 1 is 1.32 bits per heavy atom. The lowest BCUT2D eigenvalue weighted by Gasteiger charge is -2.07. The summed E-state index contributed by atoms with van der Waals surface area (Å²) in [5, 5.41) is 3.06. The van der Waals surface area contributed by atoms with Crippen molar-refractivity contribution in [2.24, 2.45) is 0 Å². The number of hydrogen-bond donors (Lipinski definition) is 1. The minimum atomic E-state index is -0.517. The summed E-state index contributed by atoms with van der Waals surface area (Å²) in [6.07, 6.45) is 2.41. The fourth-order valence-corrected chi connectivity index (χ4v) is 1.48. The predicted octanol–water partition coefficient (Wildman–Crippen LogP) is 2.89. The van der Waals surface area contributed by atoms with E-state index in [2.05, 4.69) is 10.3 Å². The van der Waals surface area contributed by atoms with Gasteiger partial charge in [-0.1, -0.05) is 11.6 Å². The normalized spacial score (nSPS) is 10.0. The molecule has 4 nitrogen and oxygen atoms in total. The second kappa shape index (κ2) is 6.15. The first-order valence-electron chi connectivity index (χ1n) is 5.42. The molecule has 0 saturated heterocycles. The summed E-state index contributed by atoms with van der Waals surface area (Å²) in [5.74, 6) is -0.393. The van der Waals surface area contributed by atoms with Gasteiger partial charge in [0.05, 0.1) is 18.1 Å². The van der Waals surface area contributed by atoms with Gasteiger partial charge in [-0.05, 0) is 24.3 Å². The molecule has 0 atom stereocenters. The molecule has 0 saturated carbocycles. The number of amides is 1. The maximum Gasteiger partial charge on any atom is 0.262 e. The Balaban J connectivity index is 1.86. The highest BCUT2D eigenvalue weighted by atomic mass is 35.5. The molecule has 0 spiro atoms. The molecule has 2 aromatic rings. The van der Waals surface area contributed by atoms with Crippen LogP contribution in [-0.4, -0.2) is 17.5 Å². The topological polar surface area (TPSA) is 51.2 Å². The van der Waals surface area contributed by atoms with Crippen molar-refractivity contribution in [2.45, 2.75) is 0 Å². The second-order valence-electron chi connectivity index (χ2n) is 3.68. The molecule has 19 heavy (non-hydrogen) atoms. The van der Waals surface area contributed by atoms with E-state index in [-0.39, 0.29) is 12.3 Å². The molecular weight excluding hydrogens is 271 g/mol. The SMILES string of the molecule is O=C(COc1ccc(Cl)cc1)Nc1cncc(F)c1. The molecule has 1 amide bonds. The van der Waals surface area contributed by atoms with Crippen molar-refractivity contribution in [3.05, 3.63) is 53.6 Å². The van der Waals surface area contributed by atoms with Crippen LogP contribution in [0.3, 0.4) is 0 Å². The van der Waals surface area contributed by atoms with Crippen LogP contribution in [0.2, 0.25) is 5.02 Å². The lowest BCUT2D eigenvalue weighted by Crippen LogP contribution is -2.20. The minimum absolute atomic E-state index is 0.182. The van der Waals surface area contributed by atoms with Crippen molar-refractivity contribution in [3.63, 3.8) is 0 Å². The number of carbonyl (C=O) groups is 1. The lowest BCUT2D eigenvalue weighted by molar-refractivity contribution is -0.118. The number of halogens is 2. The summed E-state index contributed by atoms with van der Waals surface area (Å²) < 4.78 is 18.1. The molecule has 0 aliphatic heterocycles. The average molecular weight is 281 g/mol. The number of carbonyl (C=O) groups excluding carboxylic acids is 1. The van der Waals surface area contributed by atoms with Crippen LogP contribution in [0.25, 0.3) is 0 Å². The van der Waals surface area contributed by atoms with Gasteiger partial charge >= 0.3 is 0 Å². The Labute approximate surface area is 114 Å². The smallest absolute Gasteiger partial charge is 0.262 e. The fourth-order valence-electron chi connectivity index (χ4n) is 1.36. The van der Waals surface area contributed by atoms with E-state index in [1.54, 1.807) is 24.3 Å². The standard InChI is InChI=1S/C13H10ClFN2O2/c14-9-1-3-12(4-2-9)19-8-13(18)17-11-5-10(15)6-16-7-11/h1-7H,8H2,(H,17,18). The number of pyridine rings is 1. The molecule has 0 fully saturated rings. The van der Waals surface area contributed by atoms with Gasteiger partial charge in [0.25, 0.3) is 5.91 Å². The molecule has 0 aliphatic carbocycles. The molecule has 0 unspecified atom stereocenters. The molecule has 1 N–H and O–H groups in total. The summed E-state index contributed by atoms with van der Waals surface area (Å²) in [5.41, 5.74) is 0.282. The van der Waals surface area contributed by atoms with E-state index in [1.807, 2.05) is 0 Å². The zero-order valence-electron chi connectivity index (χ0n) is 9.77. The van der Waals surface area contributed by atoms with Crippen molar-refractivity contribution in [1.29, 1.82) is 0 Å². The molecule has 98 valence electrons. The zero-order valence-corrected chi connectivity index (χ0v) is 10.5. The summed E-state index contributed by atoms with van der Waals surface area (Å²) in [6.45, 7) is -0.182. The molecule has 1 aromatic carbocycles. The second-order valence-corrected chi connectivity index (χ2v) is 4.12. The summed E-state index contributed by atoms with van der Waals surface area (Å²) in [7, 11) is 0. The van der Waals surface area contributed by atoms with Gasteiger partial charge in [0.2, 0.25) is 0 Å². The lowest BCUT2D eigenvalue weighted by atomic mass is 10.3. The summed E-state index contributed by atoms with van der Waals surface area (Å²) in [4.78, 5) is 15.2. The average Bonchev–Trinajstić information content (AvgIpc) is 2.38. The number of benzene rings is 1. The quantitative estimate of drug-likeness (QED) is 0.937. The Bertz CT molecular complexity index is 575. The molecule has 1 aromatic heterocycles. The van der Waals surface area contributed by atoms with Crippen LogP contribution in [0.15, 0.2) is 42.7 Å². The first kappa shape index (κ1) is 13.3. The number of rotatable bonds is 4. The van der Waals surface area contributed by atoms with Crippen molar-refractivity contribution in [2.75, 3.05) is 11.9 Å². The highest BCUT2D eigenvalue weighted by molar-refractivity contribution is 6.30. The molecule has 0 aliphatic rings. The van der Waals surface area contributed by atoms with E-state index in [0.717, 1.165) is 6.20 Å². The molecule has 2 rings (SSSR count). The van der Waals surface area contributed by atoms with Gasteiger partial charge in [-0.15, -0.1) is 0 Å². The Morgan fingerprint density at radius 3 is 2.74 bits per heavy atom. The van der Waals surface area contributed by atoms with Crippen LogP contribution < -0.4 is 10.1 Å². The van der Waals surface area contributed by atoms with Crippen LogP contribution in [0.4, 0.5) is 10.1 Å². The van der Waals surface area contributed by atoms with Gasteiger partial charge in [0.15, 0.2) is 6.61 Å². The van der Waals surface area contributed by atoms with Gasteiger partial charge in [0.1, 0.15) is 11.6 Å². The van der Waals surface area contributed by atoms with E-state index < -0.39 is 11.7 Å². The third-order valence-corrected chi connectivity index (χ3v) is 2.42. The van der Waals surface area contributed by atoms with E-state index >= 15 is 0 Å². The third-order valence-electron chi connectivity index (χ3n) is 2.17. The predicted molar refractivity (Wildman–Crippen MR) is 69.8 cm³/mol. The van der Waals surface area contributed by atoms with Crippen LogP contribution in [-0.2, 0) is 4.79 Å². The first-order valence-corrected chi connectivity index (χ1v) is 5.80. The maximum absolute atomic E-state index is 12.8. The van der Waals surface area contributed by atoms with Gasteiger partial charge in [-0.2, -0.15) is 0 Å². The summed E-state index contributed by atoms with van der Waals surface area (Å²) in [6, 6.07) is 7.79. The van der Waals surface area contributed by atoms with Crippen molar-refractivity contribution in [1.82, 2.24) is 4.98 Å². The van der Waals surface area contributed by atoms with Gasteiger partial charge in [-0.3, -0.25) is 9.78 Å². The number of hydrogen-bond acceptors (Lipinski definition) is 3. The van der Waals surface area contributed by atoms with Gasteiger partial charge < -0.3 is 10.1 Å². The molecule has 6 heteroatoms. The van der Waals surface area contributed by atoms with Crippen LogP contribution in [0.1, 0.15) is 0 Å².